The van der Waals surface area contributed by atoms with Gasteiger partial charge in [-0.3, -0.25) is 14.3 Å². The summed E-state index contributed by atoms with van der Waals surface area (Å²) in [6.45, 7) is 5.66. The van der Waals surface area contributed by atoms with Crippen LogP contribution in [0.5, 0.6) is 0 Å². The molecule has 0 bridgehead atoms. The molecule has 2 heterocycles. The van der Waals surface area contributed by atoms with E-state index in [9.17, 15) is 18.0 Å². The summed E-state index contributed by atoms with van der Waals surface area (Å²) in [5.74, 6) is -0.115. The maximum absolute atomic E-state index is 13.2. The second kappa shape index (κ2) is 9.83. The molecule has 182 valence electrons. The molecule has 1 fully saturated rings. The molecule has 8 nitrogen and oxygen atoms in total. The summed E-state index contributed by atoms with van der Waals surface area (Å²) >= 11 is 12.6. The summed E-state index contributed by atoms with van der Waals surface area (Å²) in [5.41, 5.74) is 0.320. The molecule has 1 aliphatic rings. The Bertz CT molecular complexity index is 1460. The number of piperazine rings is 1. The fourth-order valence-corrected chi connectivity index (χ4v) is 5.66. The van der Waals surface area contributed by atoms with Gasteiger partial charge in [0.05, 0.1) is 28.1 Å². The average Bonchev–Trinajstić information content (AvgIpc) is 2.79. The van der Waals surface area contributed by atoms with Crippen LogP contribution < -0.4 is 11.2 Å². The number of nitrogens with zero attached hydrogens (tertiary/aromatic N) is 3. The van der Waals surface area contributed by atoms with E-state index in [1.807, 2.05) is 0 Å². The van der Waals surface area contributed by atoms with Gasteiger partial charge in [-0.15, -0.1) is 0 Å². The molecule has 34 heavy (non-hydrogen) atoms. The van der Waals surface area contributed by atoms with Gasteiger partial charge in [0.15, 0.2) is 9.84 Å². The Kier molecular flexibility index (Phi) is 7.21. The highest BCUT2D eigenvalue weighted by atomic mass is 35.5. The van der Waals surface area contributed by atoms with Gasteiger partial charge in [0.25, 0.3) is 5.56 Å². The van der Waals surface area contributed by atoms with Crippen molar-refractivity contribution in [1.82, 2.24) is 19.4 Å². The van der Waals surface area contributed by atoms with Crippen LogP contribution in [0.15, 0.2) is 44.8 Å². The predicted molar refractivity (Wildman–Crippen MR) is 135 cm³/mol. The van der Waals surface area contributed by atoms with Crippen LogP contribution in [-0.2, 0) is 22.9 Å². The minimum Gasteiger partial charge on any atom is -0.307 e. The first kappa shape index (κ1) is 24.9. The van der Waals surface area contributed by atoms with Gasteiger partial charge >= 0.3 is 5.69 Å². The van der Waals surface area contributed by atoms with Crippen LogP contribution in [0.3, 0.4) is 0 Å². The lowest BCUT2D eigenvalue weighted by molar-refractivity contribution is 0.148. The highest BCUT2D eigenvalue weighted by Crippen LogP contribution is 2.24. The molecule has 1 aliphatic heterocycles. The lowest BCUT2D eigenvalue weighted by Gasteiger charge is -2.32. The number of H-pyrrole nitrogens is 1. The number of likely N-dealkylation sites (N-methyl/N-ethyl adjacent to an activating group) is 1. The SMILES string of the molecule is CCS(=O)(=O)c1ccc(Cl)cc1Cn1c(=O)[nH]c2cc(CN3CCN(C)CC3)c(Cl)cc2c1=O. The molecule has 0 atom stereocenters. The maximum Gasteiger partial charge on any atom is 0.329 e. The molecule has 2 aromatic carbocycles. The molecule has 0 radical (unpaired) electrons. The first-order chi connectivity index (χ1) is 16.1. The molecule has 1 saturated heterocycles. The molecular weight excluding hydrogens is 499 g/mol. The van der Waals surface area contributed by atoms with E-state index in [-0.39, 0.29) is 28.1 Å². The predicted octanol–water partition coefficient (Wildman–Crippen LogP) is 2.59. The Morgan fingerprint density at radius 2 is 1.68 bits per heavy atom. The van der Waals surface area contributed by atoms with Crippen LogP contribution in [0.25, 0.3) is 10.9 Å². The summed E-state index contributed by atoms with van der Waals surface area (Å²) < 4.78 is 26.0. The molecule has 11 heteroatoms. The van der Waals surface area contributed by atoms with Gasteiger partial charge in [0.2, 0.25) is 0 Å². The Hall–Kier alpha value is -2.17. The van der Waals surface area contributed by atoms with E-state index in [1.165, 1.54) is 25.1 Å². The molecular formula is C23H26Cl2N4O4S. The smallest absolute Gasteiger partial charge is 0.307 e. The van der Waals surface area contributed by atoms with Gasteiger partial charge < -0.3 is 9.88 Å². The van der Waals surface area contributed by atoms with Crippen molar-refractivity contribution in [2.75, 3.05) is 39.0 Å². The highest BCUT2D eigenvalue weighted by molar-refractivity contribution is 7.91. The van der Waals surface area contributed by atoms with E-state index < -0.39 is 21.1 Å². The third kappa shape index (κ3) is 5.08. The number of benzene rings is 2. The van der Waals surface area contributed by atoms with Crippen LogP contribution in [-0.4, -0.2) is 66.7 Å². The number of hydrogen-bond acceptors (Lipinski definition) is 6. The van der Waals surface area contributed by atoms with Crippen LogP contribution in [0.1, 0.15) is 18.1 Å². The van der Waals surface area contributed by atoms with Crippen molar-refractivity contribution in [2.24, 2.45) is 0 Å². The number of halogens is 2. The fraction of sp³-hybridized carbons (Fsp3) is 0.391. The lowest BCUT2D eigenvalue weighted by Crippen LogP contribution is -2.43. The molecule has 0 aliphatic carbocycles. The van der Waals surface area contributed by atoms with Crippen molar-refractivity contribution in [3.63, 3.8) is 0 Å². The van der Waals surface area contributed by atoms with Crippen molar-refractivity contribution in [3.05, 3.63) is 72.3 Å². The number of aromatic amines is 1. The molecule has 4 rings (SSSR count). The third-order valence-corrected chi connectivity index (χ3v) is 8.62. The second-order valence-corrected chi connectivity index (χ2v) is 11.6. The third-order valence-electron chi connectivity index (χ3n) is 6.20. The molecule has 1 N–H and O–H groups in total. The van der Waals surface area contributed by atoms with E-state index in [4.69, 9.17) is 23.2 Å². The number of hydrogen-bond donors (Lipinski definition) is 1. The van der Waals surface area contributed by atoms with Gasteiger partial charge in [-0.25, -0.2) is 13.2 Å². The van der Waals surface area contributed by atoms with E-state index in [0.717, 1.165) is 36.3 Å². The van der Waals surface area contributed by atoms with Crippen molar-refractivity contribution in [2.45, 2.75) is 24.9 Å². The van der Waals surface area contributed by atoms with Crippen molar-refractivity contribution in [3.8, 4) is 0 Å². The van der Waals surface area contributed by atoms with Crippen molar-refractivity contribution in [1.29, 1.82) is 0 Å². The Morgan fingerprint density at radius 1 is 0.971 bits per heavy atom. The Morgan fingerprint density at radius 3 is 2.35 bits per heavy atom. The van der Waals surface area contributed by atoms with Crippen LogP contribution in [0, 0.1) is 0 Å². The summed E-state index contributed by atoms with van der Waals surface area (Å²) in [4.78, 5) is 33.5. The van der Waals surface area contributed by atoms with Crippen LogP contribution in [0.4, 0.5) is 0 Å². The Balaban J connectivity index is 1.74. The lowest BCUT2D eigenvalue weighted by atomic mass is 10.1. The zero-order valence-electron chi connectivity index (χ0n) is 19.0. The molecule has 0 amide bonds. The van der Waals surface area contributed by atoms with E-state index in [0.29, 0.717) is 22.1 Å². The minimum atomic E-state index is -3.58. The zero-order chi connectivity index (χ0) is 24.6. The molecule has 0 saturated carbocycles. The number of rotatable bonds is 6. The Labute approximate surface area is 207 Å². The summed E-state index contributed by atoms with van der Waals surface area (Å²) in [6, 6.07) is 7.65. The fourth-order valence-electron chi connectivity index (χ4n) is 4.13. The quantitative estimate of drug-likeness (QED) is 0.532. The van der Waals surface area contributed by atoms with Crippen LogP contribution in [0.2, 0.25) is 10.0 Å². The van der Waals surface area contributed by atoms with Gasteiger partial charge in [0.1, 0.15) is 0 Å². The molecule has 0 unspecified atom stereocenters. The number of aromatic nitrogens is 2. The zero-order valence-corrected chi connectivity index (χ0v) is 21.3. The van der Waals surface area contributed by atoms with E-state index in [1.54, 1.807) is 12.1 Å². The average molecular weight is 525 g/mol. The van der Waals surface area contributed by atoms with E-state index in [2.05, 4.69) is 21.8 Å². The number of sulfone groups is 1. The summed E-state index contributed by atoms with van der Waals surface area (Å²) in [5, 5.41) is 1.01. The standard InChI is InChI=1S/C23H26Cl2N4O4S/c1-3-34(32,33)21-5-4-17(24)10-16(21)14-29-22(30)18-12-19(25)15(11-20(18)26-23(29)31)13-28-8-6-27(2)7-9-28/h4-5,10-12H,3,6-9,13-14H2,1-2H3,(H,26,31). The number of fused-ring (bicyclic) bond motifs is 1. The van der Waals surface area contributed by atoms with E-state index >= 15 is 0 Å². The van der Waals surface area contributed by atoms with Crippen LogP contribution >= 0.6 is 23.2 Å². The number of nitrogens with one attached hydrogen (secondary N) is 1. The monoisotopic (exact) mass is 524 g/mol. The summed E-state index contributed by atoms with van der Waals surface area (Å²) in [7, 11) is -1.50. The topological polar surface area (TPSA) is 95.5 Å². The second-order valence-electron chi connectivity index (χ2n) is 8.55. The van der Waals surface area contributed by atoms with Crippen molar-refractivity contribution < 1.29 is 8.42 Å². The van der Waals surface area contributed by atoms with Gasteiger partial charge in [0, 0.05) is 42.8 Å². The largest absolute Gasteiger partial charge is 0.329 e. The molecule has 0 spiro atoms. The van der Waals surface area contributed by atoms with Gasteiger partial charge in [-0.05, 0) is 48.5 Å². The maximum atomic E-state index is 13.2. The normalized spacial score (nSPS) is 15.8. The first-order valence-corrected chi connectivity index (χ1v) is 13.4. The van der Waals surface area contributed by atoms with Gasteiger partial charge in [-0.1, -0.05) is 30.1 Å². The minimum absolute atomic E-state index is 0.0475. The van der Waals surface area contributed by atoms with Gasteiger partial charge in [-0.2, -0.15) is 0 Å². The molecule has 1 aromatic heterocycles. The highest BCUT2D eigenvalue weighted by Gasteiger charge is 2.20. The summed E-state index contributed by atoms with van der Waals surface area (Å²) in [6.07, 6.45) is 0. The molecule has 3 aromatic rings. The first-order valence-electron chi connectivity index (χ1n) is 11.0. The van der Waals surface area contributed by atoms with Crippen molar-refractivity contribution >= 4 is 43.9 Å².